The Balaban J connectivity index is 2.31. The molecule has 0 radical (unpaired) electrons. The zero-order chi connectivity index (χ0) is 13.2. The van der Waals surface area contributed by atoms with Crippen molar-refractivity contribution in [1.29, 1.82) is 0 Å². The molecule has 1 aromatic carbocycles. The lowest BCUT2D eigenvalue weighted by molar-refractivity contribution is -0.384. The molecule has 96 valence electrons. The third-order valence-corrected chi connectivity index (χ3v) is 3.20. The van der Waals surface area contributed by atoms with Crippen LogP contribution < -0.4 is 10.6 Å². The van der Waals surface area contributed by atoms with Crippen molar-refractivity contribution < 1.29 is 9.72 Å². The number of nitrogens with zero attached hydrogens (tertiary/aromatic N) is 1. The minimum Gasteiger partial charge on any atom is -0.345 e. The van der Waals surface area contributed by atoms with E-state index < -0.39 is 10.5 Å². The fourth-order valence-electron chi connectivity index (χ4n) is 2.36. The number of nitro benzene ring substituents is 1. The molecule has 1 fully saturated rings. The number of amides is 1. The SMILES string of the molecule is CC(=O)N[C@@]1(c2ccc([N+](=O)[O-])cc2)CCNC1. The molecule has 0 spiro atoms. The third kappa shape index (κ3) is 2.33. The molecule has 0 bridgehead atoms. The summed E-state index contributed by atoms with van der Waals surface area (Å²) in [5, 5.41) is 16.8. The molecule has 1 aromatic rings. The van der Waals surface area contributed by atoms with Crippen LogP contribution in [-0.2, 0) is 10.3 Å². The molecule has 2 rings (SSSR count). The van der Waals surface area contributed by atoms with Crippen LogP contribution in [0.25, 0.3) is 0 Å². The lowest BCUT2D eigenvalue weighted by Crippen LogP contribution is -2.46. The maximum Gasteiger partial charge on any atom is 0.269 e. The number of nitro groups is 1. The van der Waals surface area contributed by atoms with E-state index in [1.165, 1.54) is 19.1 Å². The minimum absolute atomic E-state index is 0.0580. The first kappa shape index (κ1) is 12.5. The molecule has 1 saturated heterocycles. The molecule has 0 saturated carbocycles. The molecule has 2 N–H and O–H groups in total. The molecule has 0 aromatic heterocycles. The van der Waals surface area contributed by atoms with Crippen molar-refractivity contribution in [2.45, 2.75) is 18.9 Å². The fraction of sp³-hybridized carbons (Fsp3) is 0.417. The van der Waals surface area contributed by atoms with Crippen LogP contribution >= 0.6 is 0 Å². The average molecular weight is 249 g/mol. The Morgan fingerprint density at radius 3 is 2.56 bits per heavy atom. The molecule has 6 heteroatoms. The summed E-state index contributed by atoms with van der Waals surface area (Å²) in [5.41, 5.74) is 0.511. The summed E-state index contributed by atoms with van der Waals surface area (Å²) < 4.78 is 0. The first-order valence-electron chi connectivity index (χ1n) is 5.78. The van der Waals surface area contributed by atoms with Gasteiger partial charge in [-0.2, -0.15) is 0 Å². The van der Waals surface area contributed by atoms with Gasteiger partial charge in [0.2, 0.25) is 5.91 Å². The van der Waals surface area contributed by atoms with Crippen LogP contribution in [-0.4, -0.2) is 23.9 Å². The van der Waals surface area contributed by atoms with Crippen molar-refractivity contribution in [2.24, 2.45) is 0 Å². The number of hydrogen-bond donors (Lipinski definition) is 2. The van der Waals surface area contributed by atoms with Gasteiger partial charge in [-0.25, -0.2) is 0 Å². The number of carbonyl (C=O) groups excluding carboxylic acids is 1. The number of rotatable bonds is 3. The molecule has 1 amide bonds. The summed E-state index contributed by atoms with van der Waals surface area (Å²) in [6.07, 6.45) is 0.782. The van der Waals surface area contributed by atoms with Gasteiger partial charge in [-0.05, 0) is 30.7 Å². The van der Waals surface area contributed by atoms with Crippen LogP contribution in [0.2, 0.25) is 0 Å². The zero-order valence-corrected chi connectivity index (χ0v) is 10.1. The Morgan fingerprint density at radius 2 is 2.11 bits per heavy atom. The maximum absolute atomic E-state index is 11.3. The van der Waals surface area contributed by atoms with Gasteiger partial charge in [0.25, 0.3) is 5.69 Å². The highest BCUT2D eigenvalue weighted by molar-refractivity contribution is 5.74. The van der Waals surface area contributed by atoms with E-state index in [2.05, 4.69) is 10.6 Å². The van der Waals surface area contributed by atoms with E-state index in [-0.39, 0.29) is 11.6 Å². The molecule has 18 heavy (non-hydrogen) atoms. The highest BCUT2D eigenvalue weighted by Crippen LogP contribution is 2.29. The van der Waals surface area contributed by atoms with Gasteiger partial charge in [-0.1, -0.05) is 0 Å². The summed E-state index contributed by atoms with van der Waals surface area (Å²) in [6.45, 7) is 2.94. The quantitative estimate of drug-likeness (QED) is 0.616. The largest absolute Gasteiger partial charge is 0.345 e. The van der Waals surface area contributed by atoms with Gasteiger partial charge in [0.15, 0.2) is 0 Å². The molecule has 6 nitrogen and oxygen atoms in total. The Bertz CT molecular complexity index is 464. The maximum atomic E-state index is 11.3. The fourth-order valence-corrected chi connectivity index (χ4v) is 2.36. The van der Waals surface area contributed by atoms with E-state index in [1.54, 1.807) is 12.1 Å². The first-order chi connectivity index (χ1) is 8.53. The molecule has 1 atom stereocenters. The Kier molecular flexibility index (Phi) is 3.29. The standard InChI is InChI=1S/C12H15N3O3/c1-9(16)14-12(6-7-13-8-12)10-2-4-11(5-3-10)15(17)18/h2-5,13H,6-8H2,1H3,(H,14,16)/t12-/m0/s1. The van der Waals surface area contributed by atoms with Crippen molar-refractivity contribution >= 4 is 11.6 Å². The van der Waals surface area contributed by atoms with Crippen LogP contribution in [0.3, 0.4) is 0 Å². The molecular formula is C12H15N3O3. The Hall–Kier alpha value is -1.95. The van der Waals surface area contributed by atoms with Crippen LogP contribution in [0.1, 0.15) is 18.9 Å². The summed E-state index contributed by atoms with van der Waals surface area (Å²) >= 11 is 0. The molecular weight excluding hydrogens is 234 g/mol. The van der Waals surface area contributed by atoms with Crippen molar-refractivity contribution in [1.82, 2.24) is 10.6 Å². The Labute approximate surface area is 105 Å². The van der Waals surface area contributed by atoms with E-state index in [9.17, 15) is 14.9 Å². The highest BCUT2D eigenvalue weighted by Gasteiger charge is 2.36. The average Bonchev–Trinajstić information content (AvgIpc) is 2.78. The van der Waals surface area contributed by atoms with Crippen LogP contribution in [0.5, 0.6) is 0 Å². The Morgan fingerprint density at radius 1 is 1.44 bits per heavy atom. The summed E-state index contributed by atoms with van der Waals surface area (Å²) in [6, 6.07) is 6.36. The predicted octanol–water partition coefficient (Wildman–Crippen LogP) is 0.919. The normalized spacial score (nSPS) is 22.7. The predicted molar refractivity (Wildman–Crippen MR) is 66.1 cm³/mol. The van der Waals surface area contributed by atoms with Crippen molar-refractivity contribution in [3.05, 3.63) is 39.9 Å². The van der Waals surface area contributed by atoms with Gasteiger partial charge < -0.3 is 10.6 Å². The zero-order valence-electron chi connectivity index (χ0n) is 10.1. The molecule has 1 aliphatic rings. The summed E-state index contributed by atoms with van der Waals surface area (Å²) in [7, 11) is 0. The van der Waals surface area contributed by atoms with Crippen molar-refractivity contribution in [3.8, 4) is 0 Å². The van der Waals surface area contributed by atoms with Crippen molar-refractivity contribution in [3.63, 3.8) is 0 Å². The van der Waals surface area contributed by atoms with Gasteiger partial charge >= 0.3 is 0 Å². The van der Waals surface area contributed by atoms with Gasteiger partial charge in [-0.3, -0.25) is 14.9 Å². The second-order valence-electron chi connectivity index (χ2n) is 4.49. The van der Waals surface area contributed by atoms with Crippen LogP contribution in [0, 0.1) is 10.1 Å². The number of nitrogens with one attached hydrogen (secondary N) is 2. The third-order valence-electron chi connectivity index (χ3n) is 3.20. The van der Waals surface area contributed by atoms with Gasteiger partial charge in [0.05, 0.1) is 10.5 Å². The molecule has 0 aliphatic carbocycles. The molecule has 1 heterocycles. The van der Waals surface area contributed by atoms with E-state index in [1.807, 2.05) is 0 Å². The van der Waals surface area contributed by atoms with E-state index in [0.29, 0.717) is 6.54 Å². The topological polar surface area (TPSA) is 84.3 Å². The molecule has 0 unspecified atom stereocenters. The van der Waals surface area contributed by atoms with E-state index in [4.69, 9.17) is 0 Å². The smallest absolute Gasteiger partial charge is 0.269 e. The number of carbonyl (C=O) groups is 1. The number of hydrogen-bond acceptors (Lipinski definition) is 4. The van der Waals surface area contributed by atoms with Crippen LogP contribution in [0.4, 0.5) is 5.69 Å². The lowest BCUT2D eigenvalue weighted by atomic mass is 9.88. The lowest BCUT2D eigenvalue weighted by Gasteiger charge is -2.29. The van der Waals surface area contributed by atoms with Gasteiger partial charge in [0.1, 0.15) is 0 Å². The monoisotopic (exact) mass is 249 g/mol. The summed E-state index contributed by atoms with van der Waals surface area (Å²) in [4.78, 5) is 21.5. The minimum atomic E-state index is -0.443. The van der Waals surface area contributed by atoms with Crippen molar-refractivity contribution in [2.75, 3.05) is 13.1 Å². The van der Waals surface area contributed by atoms with Gasteiger partial charge in [-0.15, -0.1) is 0 Å². The number of benzene rings is 1. The second kappa shape index (κ2) is 4.73. The summed E-state index contributed by atoms with van der Waals surface area (Å²) in [5.74, 6) is -0.1000. The van der Waals surface area contributed by atoms with E-state index in [0.717, 1.165) is 18.5 Å². The second-order valence-corrected chi connectivity index (χ2v) is 4.49. The number of non-ortho nitro benzene ring substituents is 1. The van der Waals surface area contributed by atoms with E-state index >= 15 is 0 Å². The van der Waals surface area contributed by atoms with Crippen LogP contribution in [0.15, 0.2) is 24.3 Å². The molecule has 1 aliphatic heterocycles. The first-order valence-corrected chi connectivity index (χ1v) is 5.78. The highest BCUT2D eigenvalue weighted by atomic mass is 16.6. The van der Waals surface area contributed by atoms with Gasteiger partial charge in [0, 0.05) is 25.6 Å².